The van der Waals surface area contributed by atoms with Crippen LogP contribution in [-0.4, -0.2) is 27.5 Å². The molecular formula is C15H19BrN4O2. The number of nitrogens with two attached hydrogens (primary N) is 1. The number of hydrogen-bond acceptors (Lipinski definition) is 4. The third-order valence-corrected chi connectivity index (χ3v) is 3.60. The minimum Gasteiger partial charge on any atom is -0.354 e. The Morgan fingerprint density at radius 3 is 2.86 bits per heavy atom. The van der Waals surface area contributed by atoms with Crippen molar-refractivity contribution in [3.63, 3.8) is 0 Å². The van der Waals surface area contributed by atoms with Gasteiger partial charge in [-0.25, -0.2) is 4.98 Å². The van der Waals surface area contributed by atoms with Crippen molar-refractivity contribution in [2.45, 2.75) is 32.4 Å². The van der Waals surface area contributed by atoms with Crippen LogP contribution in [0, 0.1) is 0 Å². The van der Waals surface area contributed by atoms with E-state index in [9.17, 15) is 9.59 Å². The summed E-state index contributed by atoms with van der Waals surface area (Å²) in [6, 6.07) is 5.35. The minimum absolute atomic E-state index is 0.139. The first-order valence-electron chi connectivity index (χ1n) is 6.96. The zero-order valence-electron chi connectivity index (χ0n) is 12.6. The summed E-state index contributed by atoms with van der Waals surface area (Å²) >= 11 is 3.34. The van der Waals surface area contributed by atoms with Gasteiger partial charge in [-0.15, -0.1) is 0 Å². The van der Waals surface area contributed by atoms with Gasteiger partial charge in [0.2, 0.25) is 5.91 Å². The van der Waals surface area contributed by atoms with E-state index in [-0.39, 0.29) is 24.4 Å². The lowest BCUT2D eigenvalue weighted by molar-refractivity contribution is -0.121. The molecule has 118 valence electrons. The summed E-state index contributed by atoms with van der Waals surface area (Å²) in [5.41, 5.74) is 5.84. The molecule has 0 aliphatic rings. The van der Waals surface area contributed by atoms with Gasteiger partial charge in [0.05, 0.1) is 17.2 Å². The summed E-state index contributed by atoms with van der Waals surface area (Å²) in [5.74, 6) is -0.139. The van der Waals surface area contributed by atoms with E-state index in [0.29, 0.717) is 17.4 Å². The van der Waals surface area contributed by atoms with E-state index >= 15 is 0 Å². The number of halogens is 1. The highest BCUT2D eigenvalue weighted by Crippen LogP contribution is 2.14. The number of amides is 1. The molecule has 1 amide bonds. The van der Waals surface area contributed by atoms with Crippen molar-refractivity contribution in [1.82, 2.24) is 14.9 Å². The van der Waals surface area contributed by atoms with Crippen molar-refractivity contribution in [1.29, 1.82) is 0 Å². The van der Waals surface area contributed by atoms with Gasteiger partial charge in [-0.2, -0.15) is 0 Å². The number of hydrogen-bond donors (Lipinski definition) is 2. The summed E-state index contributed by atoms with van der Waals surface area (Å²) < 4.78 is 2.27. The number of carbonyl (C=O) groups excluding carboxylic acids is 1. The number of carbonyl (C=O) groups is 1. The van der Waals surface area contributed by atoms with Crippen molar-refractivity contribution in [3.8, 4) is 0 Å². The van der Waals surface area contributed by atoms with Gasteiger partial charge in [-0.05, 0) is 32.0 Å². The number of aromatic nitrogens is 2. The van der Waals surface area contributed by atoms with Gasteiger partial charge in [0, 0.05) is 29.5 Å². The smallest absolute Gasteiger partial charge is 0.261 e. The van der Waals surface area contributed by atoms with Gasteiger partial charge < -0.3 is 11.1 Å². The van der Waals surface area contributed by atoms with Crippen LogP contribution in [0.5, 0.6) is 0 Å². The number of nitrogens with one attached hydrogen (secondary N) is 1. The number of nitrogens with zero attached hydrogens (tertiary/aromatic N) is 2. The van der Waals surface area contributed by atoms with Gasteiger partial charge in [0.25, 0.3) is 5.56 Å². The van der Waals surface area contributed by atoms with Crippen molar-refractivity contribution in [3.05, 3.63) is 39.4 Å². The summed E-state index contributed by atoms with van der Waals surface area (Å²) in [4.78, 5) is 28.4. The van der Waals surface area contributed by atoms with Gasteiger partial charge in [-0.1, -0.05) is 15.9 Å². The fourth-order valence-corrected chi connectivity index (χ4v) is 2.29. The predicted octanol–water partition coefficient (Wildman–Crippen LogP) is 1.40. The van der Waals surface area contributed by atoms with Crippen LogP contribution in [0.25, 0.3) is 10.9 Å². The highest BCUT2D eigenvalue weighted by Gasteiger charge is 2.12. The summed E-state index contributed by atoms with van der Waals surface area (Å²) in [6.07, 6.45) is 1.68. The second-order valence-electron chi connectivity index (χ2n) is 5.92. The molecular weight excluding hydrogens is 348 g/mol. The lowest BCUT2D eigenvalue weighted by atomic mass is 10.1. The molecule has 0 unspecified atom stereocenters. The van der Waals surface area contributed by atoms with Crippen LogP contribution in [0.4, 0.5) is 0 Å². The number of rotatable bonds is 5. The molecule has 3 N–H and O–H groups in total. The van der Waals surface area contributed by atoms with Crippen molar-refractivity contribution in [2.24, 2.45) is 5.73 Å². The van der Waals surface area contributed by atoms with Crippen molar-refractivity contribution < 1.29 is 4.79 Å². The SMILES string of the molecule is CC(C)(N)CNC(=O)CCn1cnc2ccc(Br)cc2c1=O. The van der Waals surface area contributed by atoms with Gasteiger partial charge >= 0.3 is 0 Å². The maximum Gasteiger partial charge on any atom is 0.261 e. The van der Waals surface area contributed by atoms with Crippen LogP contribution in [0.2, 0.25) is 0 Å². The molecule has 2 rings (SSSR count). The molecule has 6 nitrogen and oxygen atoms in total. The Morgan fingerprint density at radius 2 is 2.18 bits per heavy atom. The highest BCUT2D eigenvalue weighted by atomic mass is 79.9. The first-order chi connectivity index (χ1) is 10.3. The molecule has 0 atom stereocenters. The van der Waals surface area contributed by atoms with Crippen molar-refractivity contribution in [2.75, 3.05) is 6.54 Å². The molecule has 0 bridgehead atoms. The number of aryl methyl sites for hydroxylation is 1. The van der Waals surface area contributed by atoms with E-state index in [1.807, 2.05) is 19.9 Å². The molecule has 22 heavy (non-hydrogen) atoms. The Bertz CT molecular complexity index is 749. The molecule has 7 heteroatoms. The van der Waals surface area contributed by atoms with Crippen LogP contribution in [0.3, 0.4) is 0 Å². The zero-order valence-corrected chi connectivity index (χ0v) is 14.2. The second-order valence-corrected chi connectivity index (χ2v) is 6.84. The molecule has 0 spiro atoms. The largest absolute Gasteiger partial charge is 0.354 e. The lowest BCUT2D eigenvalue weighted by Crippen LogP contribution is -2.45. The normalized spacial score (nSPS) is 11.6. The maximum absolute atomic E-state index is 12.4. The van der Waals surface area contributed by atoms with Crippen LogP contribution in [-0.2, 0) is 11.3 Å². The van der Waals surface area contributed by atoms with Crippen LogP contribution >= 0.6 is 15.9 Å². The Hall–Kier alpha value is -1.73. The molecule has 0 saturated carbocycles. The molecule has 1 aromatic heterocycles. The molecule has 0 fully saturated rings. The van der Waals surface area contributed by atoms with Gasteiger partial charge in [0.1, 0.15) is 0 Å². The number of fused-ring (bicyclic) bond motifs is 1. The first kappa shape index (κ1) is 16.6. The fraction of sp³-hybridized carbons (Fsp3) is 0.400. The maximum atomic E-state index is 12.4. The van der Waals surface area contributed by atoms with E-state index in [0.717, 1.165) is 4.47 Å². The third kappa shape index (κ3) is 4.38. The Morgan fingerprint density at radius 1 is 1.45 bits per heavy atom. The Balaban J connectivity index is 2.08. The van der Waals surface area contributed by atoms with Crippen molar-refractivity contribution >= 4 is 32.7 Å². The minimum atomic E-state index is -0.455. The summed E-state index contributed by atoms with van der Waals surface area (Å²) in [7, 11) is 0. The topological polar surface area (TPSA) is 90.0 Å². The quantitative estimate of drug-likeness (QED) is 0.836. The Kier molecular flexibility index (Phi) is 4.97. The van der Waals surface area contributed by atoms with Gasteiger partial charge in [0.15, 0.2) is 0 Å². The van der Waals surface area contributed by atoms with E-state index < -0.39 is 5.54 Å². The predicted molar refractivity (Wildman–Crippen MR) is 89.6 cm³/mol. The standard InChI is InChI=1S/C15H19BrN4O2/c1-15(2,17)8-18-13(21)5-6-20-9-19-12-4-3-10(16)7-11(12)14(20)22/h3-4,7,9H,5-6,8,17H2,1-2H3,(H,18,21). The molecule has 0 aliphatic heterocycles. The average Bonchev–Trinajstić information content (AvgIpc) is 2.44. The molecule has 2 aromatic rings. The third-order valence-electron chi connectivity index (χ3n) is 3.11. The van der Waals surface area contributed by atoms with E-state index in [2.05, 4.69) is 26.2 Å². The monoisotopic (exact) mass is 366 g/mol. The second kappa shape index (κ2) is 6.58. The van der Waals surface area contributed by atoms with Crippen LogP contribution < -0.4 is 16.6 Å². The van der Waals surface area contributed by atoms with Crippen LogP contribution in [0.1, 0.15) is 20.3 Å². The molecule has 0 aliphatic carbocycles. The van der Waals surface area contributed by atoms with E-state index in [1.54, 1.807) is 12.1 Å². The Labute approximate surface area is 136 Å². The highest BCUT2D eigenvalue weighted by molar-refractivity contribution is 9.10. The lowest BCUT2D eigenvalue weighted by Gasteiger charge is -2.18. The van der Waals surface area contributed by atoms with E-state index in [4.69, 9.17) is 5.73 Å². The number of benzene rings is 1. The average molecular weight is 367 g/mol. The molecule has 1 heterocycles. The zero-order chi connectivity index (χ0) is 16.3. The summed E-state index contributed by atoms with van der Waals surface area (Å²) in [6.45, 7) is 4.35. The first-order valence-corrected chi connectivity index (χ1v) is 7.76. The van der Waals surface area contributed by atoms with Crippen LogP contribution in [0.15, 0.2) is 33.8 Å². The molecule has 0 saturated heterocycles. The van der Waals surface area contributed by atoms with E-state index in [1.165, 1.54) is 10.9 Å². The molecule has 1 aromatic carbocycles. The molecule has 0 radical (unpaired) electrons. The van der Waals surface area contributed by atoms with Gasteiger partial charge in [-0.3, -0.25) is 14.2 Å². The fourth-order valence-electron chi connectivity index (χ4n) is 1.93. The summed E-state index contributed by atoms with van der Waals surface area (Å²) in [5, 5.41) is 3.28.